The first-order valence-corrected chi connectivity index (χ1v) is 7.44. The van der Waals surface area contributed by atoms with Gasteiger partial charge in [0.15, 0.2) is 0 Å². The number of hydrogen-bond donors (Lipinski definition) is 2. The van der Waals surface area contributed by atoms with Crippen molar-refractivity contribution in [1.29, 1.82) is 0 Å². The van der Waals surface area contributed by atoms with E-state index in [0.717, 1.165) is 19.3 Å². The molecule has 1 aliphatic carbocycles. The Hall–Kier alpha value is -1.43. The molecule has 0 spiro atoms. The van der Waals surface area contributed by atoms with E-state index in [0.29, 0.717) is 12.5 Å². The van der Waals surface area contributed by atoms with E-state index < -0.39 is 0 Å². The van der Waals surface area contributed by atoms with Crippen LogP contribution in [0.25, 0.3) is 0 Å². The number of imide groups is 1. The first-order valence-electron chi connectivity index (χ1n) is 7.44. The van der Waals surface area contributed by atoms with Gasteiger partial charge in [0.1, 0.15) is 0 Å². The Balaban J connectivity index is 1.77. The fourth-order valence-corrected chi connectivity index (χ4v) is 3.04. The molecule has 112 valence electrons. The van der Waals surface area contributed by atoms with Crippen molar-refractivity contribution in [2.45, 2.75) is 51.0 Å². The smallest absolute Gasteiger partial charge is 0.229 e. The second-order valence-corrected chi connectivity index (χ2v) is 5.64. The second kappa shape index (κ2) is 6.83. The molecule has 0 aromatic carbocycles. The largest absolute Gasteiger partial charge is 0.353 e. The Kier molecular flexibility index (Phi) is 5.11. The fourth-order valence-electron chi connectivity index (χ4n) is 3.04. The van der Waals surface area contributed by atoms with Crippen LogP contribution in [0.5, 0.6) is 0 Å². The average molecular weight is 281 g/mol. The number of likely N-dealkylation sites (tertiary alicyclic amines) is 1. The average Bonchev–Trinajstić information content (AvgIpc) is 2.76. The molecule has 3 amide bonds. The van der Waals surface area contributed by atoms with E-state index in [9.17, 15) is 14.4 Å². The van der Waals surface area contributed by atoms with Crippen molar-refractivity contribution in [3.8, 4) is 0 Å². The molecule has 0 aromatic rings. The molecule has 0 bridgehead atoms. The summed E-state index contributed by atoms with van der Waals surface area (Å²) in [6.07, 6.45) is 5.05. The van der Waals surface area contributed by atoms with Gasteiger partial charge in [0.2, 0.25) is 17.7 Å². The lowest BCUT2D eigenvalue weighted by molar-refractivity contribution is -0.138. The van der Waals surface area contributed by atoms with Crippen LogP contribution in [0.3, 0.4) is 0 Å². The highest BCUT2D eigenvalue weighted by molar-refractivity contribution is 6.02. The van der Waals surface area contributed by atoms with Gasteiger partial charge < -0.3 is 11.1 Å². The van der Waals surface area contributed by atoms with E-state index in [2.05, 4.69) is 5.32 Å². The number of hydrogen-bond acceptors (Lipinski definition) is 4. The Bertz CT molecular complexity index is 381. The molecular weight excluding hydrogens is 258 g/mol. The minimum Gasteiger partial charge on any atom is -0.353 e. The van der Waals surface area contributed by atoms with Crippen LogP contribution in [0, 0.1) is 5.92 Å². The third-order valence-electron chi connectivity index (χ3n) is 4.28. The highest BCUT2D eigenvalue weighted by atomic mass is 16.2. The topological polar surface area (TPSA) is 92.5 Å². The van der Waals surface area contributed by atoms with E-state index in [-0.39, 0.29) is 49.6 Å². The van der Waals surface area contributed by atoms with Crippen LogP contribution in [0.1, 0.15) is 44.9 Å². The van der Waals surface area contributed by atoms with Gasteiger partial charge in [0, 0.05) is 31.8 Å². The van der Waals surface area contributed by atoms with Gasteiger partial charge in [-0.3, -0.25) is 19.3 Å². The van der Waals surface area contributed by atoms with Gasteiger partial charge in [-0.2, -0.15) is 0 Å². The quantitative estimate of drug-likeness (QED) is 0.702. The molecule has 1 aliphatic heterocycles. The first-order chi connectivity index (χ1) is 9.61. The van der Waals surface area contributed by atoms with Crippen LogP contribution in [0.2, 0.25) is 0 Å². The van der Waals surface area contributed by atoms with Crippen LogP contribution in [0.15, 0.2) is 0 Å². The number of rotatable bonds is 5. The molecule has 2 unspecified atom stereocenters. The molecule has 2 atom stereocenters. The van der Waals surface area contributed by atoms with E-state index in [4.69, 9.17) is 5.73 Å². The van der Waals surface area contributed by atoms with E-state index in [1.807, 2.05) is 0 Å². The summed E-state index contributed by atoms with van der Waals surface area (Å²) in [5.74, 6) is -0.0776. The SMILES string of the molecule is NCC1CCCCC1NC(=O)CCN1C(=O)CCC1=O. The summed E-state index contributed by atoms with van der Waals surface area (Å²) in [4.78, 5) is 36.0. The molecule has 6 nitrogen and oxygen atoms in total. The van der Waals surface area contributed by atoms with E-state index in [1.165, 1.54) is 11.3 Å². The van der Waals surface area contributed by atoms with Crippen molar-refractivity contribution < 1.29 is 14.4 Å². The van der Waals surface area contributed by atoms with Crippen molar-refractivity contribution in [3.63, 3.8) is 0 Å². The van der Waals surface area contributed by atoms with Gasteiger partial charge in [0.25, 0.3) is 0 Å². The van der Waals surface area contributed by atoms with Crippen LogP contribution < -0.4 is 11.1 Å². The molecule has 3 N–H and O–H groups in total. The molecule has 20 heavy (non-hydrogen) atoms. The molecular formula is C14H23N3O3. The van der Waals surface area contributed by atoms with E-state index in [1.54, 1.807) is 0 Å². The maximum absolute atomic E-state index is 11.9. The van der Waals surface area contributed by atoms with Crippen molar-refractivity contribution in [2.24, 2.45) is 11.7 Å². The molecule has 0 aromatic heterocycles. The summed E-state index contributed by atoms with van der Waals surface area (Å²) in [6, 6.07) is 0.145. The lowest BCUT2D eigenvalue weighted by Crippen LogP contribution is -2.45. The lowest BCUT2D eigenvalue weighted by atomic mass is 9.84. The molecule has 1 saturated carbocycles. The van der Waals surface area contributed by atoms with Crippen molar-refractivity contribution in [3.05, 3.63) is 0 Å². The molecule has 6 heteroatoms. The lowest BCUT2D eigenvalue weighted by Gasteiger charge is -2.31. The standard InChI is InChI=1S/C14H23N3O3/c15-9-10-3-1-2-4-11(10)16-12(18)7-8-17-13(19)5-6-14(17)20/h10-11H,1-9,15H2,(H,16,18). The zero-order chi connectivity index (χ0) is 14.5. The first kappa shape index (κ1) is 15.0. The van der Waals surface area contributed by atoms with Crippen molar-refractivity contribution in [1.82, 2.24) is 10.2 Å². The van der Waals surface area contributed by atoms with Crippen LogP contribution in [-0.4, -0.2) is 41.8 Å². The van der Waals surface area contributed by atoms with Gasteiger partial charge >= 0.3 is 0 Å². The molecule has 2 rings (SSSR count). The predicted octanol–water partition coefficient (Wildman–Crippen LogP) is 0.159. The Labute approximate surface area is 119 Å². The van der Waals surface area contributed by atoms with Gasteiger partial charge in [-0.25, -0.2) is 0 Å². The molecule has 0 radical (unpaired) electrons. The van der Waals surface area contributed by atoms with Crippen LogP contribution in [-0.2, 0) is 14.4 Å². The Morgan fingerprint density at radius 2 is 1.85 bits per heavy atom. The van der Waals surface area contributed by atoms with Gasteiger partial charge in [-0.1, -0.05) is 12.8 Å². The molecule has 2 fully saturated rings. The van der Waals surface area contributed by atoms with Gasteiger partial charge in [-0.05, 0) is 25.3 Å². The van der Waals surface area contributed by atoms with E-state index >= 15 is 0 Å². The number of nitrogens with zero attached hydrogens (tertiary/aromatic N) is 1. The predicted molar refractivity (Wildman–Crippen MR) is 73.5 cm³/mol. The normalized spacial score (nSPS) is 26.9. The summed E-state index contributed by atoms with van der Waals surface area (Å²) in [7, 11) is 0. The number of nitrogens with two attached hydrogens (primary N) is 1. The minimum absolute atomic E-state index is 0.0946. The molecule has 2 aliphatic rings. The maximum Gasteiger partial charge on any atom is 0.229 e. The second-order valence-electron chi connectivity index (χ2n) is 5.64. The van der Waals surface area contributed by atoms with Gasteiger partial charge in [0.05, 0.1) is 0 Å². The number of carbonyl (C=O) groups is 3. The summed E-state index contributed by atoms with van der Waals surface area (Å²) in [5, 5.41) is 3.01. The van der Waals surface area contributed by atoms with Crippen molar-refractivity contribution >= 4 is 17.7 Å². The number of carbonyl (C=O) groups excluding carboxylic acids is 3. The Morgan fingerprint density at radius 1 is 1.20 bits per heavy atom. The van der Waals surface area contributed by atoms with Crippen LogP contribution >= 0.6 is 0 Å². The summed E-state index contributed by atoms with van der Waals surface area (Å²) < 4.78 is 0. The monoisotopic (exact) mass is 281 g/mol. The number of amides is 3. The van der Waals surface area contributed by atoms with Gasteiger partial charge in [-0.15, -0.1) is 0 Å². The number of nitrogens with one attached hydrogen (secondary N) is 1. The summed E-state index contributed by atoms with van der Waals surface area (Å²) in [5.41, 5.74) is 5.73. The van der Waals surface area contributed by atoms with Crippen LogP contribution in [0.4, 0.5) is 0 Å². The highest BCUT2D eigenvalue weighted by Crippen LogP contribution is 2.23. The third kappa shape index (κ3) is 3.56. The molecule has 1 heterocycles. The summed E-state index contributed by atoms with van der Waals surface area (Å²) >= 11 is 0. The fraction of sp³-hybridized carbons (Fsp3) is 0.786. The highest BCUT2D eigenvalue weighted by Gasteiger charge is 2.30. The zero-order valence-corrected chi connectivity index (χ0v) is 11.8. The van der Waals surface area contributed by atoms with Crippen molar-refractivity contribution in [2.75, 3.05) is 13.1 Å². The maximum atomic E-state index is 11.9. The Morgan fingerprint density at radius 3 is 2.50 bits per heavy atom. The summed E-state index contributed by atoms with van der Waals surface area (Å²) in [6.45, 7) is 0.789. The third-order valence-corrected chi connectivity index (χ3v) is 4.28. The minimum atomic E-state index is -0.166. The molecule has 1 saturated heterocycles. The zero-order valence-electron chi connectivity index (χ0n) is 11.8.